The monoisotopic (exact) mass is 265 g/mol. The van der Waals surface area contributed by atoms with Gasteiger partial charge in [-0.2, -0.15) is 5.26 Å². The predicted molar refractivity (Wildman–Crippen MR) is 75.2 cm³/mol. The summed E-state index contributed by atoms with van der Waals surface area (Å²) in [5, 5.41) is 9.99. The van der Waals surface area contributed by atoms with Gasteiger partial charge in [-0.15, -0.1) is 11.3 Å². The number of ether oxygens (including phenoxy) is 1. The van der Waals surface area contributed by atoms with Crippen molar-refractivity contribution in [3.63, 3.8) is 0 Å². The Bertz CT molecular complexity index is 458. The van der Waals surface area contributed by atoms with Gasteiger partial charge in [-0.3, -0.25) is 0 Å². The first kappa shape index (κ1) is 13.0. The van der Waals surface area contributed by atoms with Crippen LogP contribution in [0.4, 0.5) is 10.7 Å². The summed E-state index contributed by atoms with van der Waals surface area (Å²) in [5.74, 6) is 1.41. The van der Waals surface area contributed by atoms with Crippen molar-refractivity contribution in [2.24, 2.45) is 5.92 Å². The highest BCUT2D eigenvalue weighted by Gasteiger charge is 2.23. The van der Waals surface area contributed by atoms with Crippen molar-refractivity contribution in [3.8, 4) is 11.8 Å². The number of nitrogens with two attached hydrogens (primary N) is 1. The van der Waals surface area contributed by atoms with Crippen LogP contribution in [0.25, 0.3) is 0 Å². The van der Waals surface area contributed by atoms with Crippen molar-refractivity contribution in [2.75, 3.05) is 31.3 Å². The molecule has 2 rings (SSSR count). The van der Waals surface area contributed by atoms with E-state index in [1.165, 1.54) is 37.0 Å². The number of thiophene rings is 1. The Hall–Kier alpha value is -1.41. The van der Waals surface area contributed by atoms with Crippen molar-refractivity contribution in [1.29, 1.82) is 5.26 Å². The first-order chi connectivity index (χ1) is 8.67. The Morgan fingerprint density at radius 2 is 2.17 bits per heavy atom. The Morgan fingerprint density at radius 1 is 1.50 bits per heavy atom. The molecule has 4 nitrogen and oxygen atoms in total. The van der Waals surface area contributed by atoms with E-state index >= 15 is 0 Å². The van der Waals surface area contributed by atoms with Gasteiger partial charge in [0.2, 0.25) is 0 Å². The van der Waals surface area contributed by atoms with Crippen molar-refractivity contribution in [2.45, 2.75) is 25.7 Å². The van der Waals surface area contributed by atoms with Crippen molar-refractivity contribution in [1.82, 2.24) is 0 Å². The molecule has 0 spiro atoms. The second kappa shape index (κ2) is 5.49. The van der Waals surface area contributed by atoms with E-state index in [0.717, 1.165) is 17.5 Å². The van der Waals surface area contributed by atoms with E-state index in [1.807, 2.05) is 7.05 Å². The van der Waals surface area contributed by atoms with Gasteiger partial charge in [0.1, 0.15) is 21.6 Å². The van der Waals surface area contributed by atoms with E-state index in [-0.39, 0.29) is 0 Å². The third kappa shape index (κ3) is 2.39. The molecule has 5 heteroatoms. The summed E-state index contributed by atoms with van der Waals surface area (Å²) in [6.07, 6.45) is 5.29. The maximum atomic E-state index is 9.02. The molecular formula is C13H19N3OS. The molecule has 0 unspecified atom stereocenters. The quantitative estimate of drug-likeness (QED) is 0.909. The van der Waals surface area contributed by atoms with Crippen LogP contribution < -0.4 is 15.4 Å². The molecule has 18 heavy (non-hydrogen) atoms. The van der Waals surface area contributed by atoms with Gasteiger partial charge >= 0.3 is 0 Å². The average molecular weight is 265 g/mol. The van der Waals surface area contributed by atoms with Gasteiger partial charge in [-0.25, -0.2) is 0 Å². The largest absolute Gasteiger partial charge is 0.492 e. The zero-order chi connectivity index (χ0) is 13.1. The Morgan fingerprint density at radius 3 is 2.72 bits per heavy atom. The molecule has 0 radical (unpaired) electrons. The van der Waals surface area contributed by atoms with E-state index in [9.17, 15) is 0 Å². The van der Waals surface area contributed by atoms with Crippen LogP contribution in [0.2, 0.25) is 0 Å². The highest BCUT2D eigenvalue weighted by molar-refractivity contribution is 7.17. The van der Waals surface area contributed by atoms with Gasteiger partial charge in [0.25, 0.3) is 0 Å². The number of rotatable bonds is 4. The molecule has 1 aromatic rings. The lowest BCUT2D eigenvalue weighted by atomic mass is 10.1. The standard InChI is InChI=1S/C13H19N3OS/c1-16(8-9-5-3-4-6-9)13-12(17-2)11(15)10(7-14)18-13/h9H,3-6,8,15H2,1-2H3. The summed E-state index contributed by atoms with van der Waals surface area (Å²) in [4.78, 5) is 2.72. The van der Waals surface area contributed by atoms with Crippen LogP contribution in [0.5, 0.6) is 5.75 Å². The molecule has 98 valence electrons. The molecule has 1 heterocycles. The molecule has 0 amide bonds. The maximum Gasteiger partial charge on any atom is 0.177 e. The van der Waals surface area contributed by atoms with Crippen LogP contribution in [0.3, 0.4) is 0 Å². The molecule has 0 aliphatic heterocycles. The van der Waals surface area contributed by atoms with E-state index < -0.39 is 0 Å². The number of nitrogens with zero attached hydrogens (tertiary/aromatic N) is 2. The van der Waals surface area contributed by atoms with E-state index in [4.69, 9.17) is 15.7 Å². The lowest BCUT2D eigenvalue weighted by Crippen LogP contribution is -2.23. The van der Waals surface area contributed by atoms with Gasteiger partial charge in [-0.05, 0) is 18.8 Å². The fourth-order valence-corrected chi connectivity index (χ4v) is 3.57. The smallest absolute Gasteiger partial charge is 0.177 e. The SMILES string of the molecule is COc1c(N(C)CC2CCCC2)sc(C#N)c1N. The molecule has 0 saturated heterocycles. The van der Waals surface area contributed by atoms with Crippen LogP contribution in [0.1, 0.15) is 30.6 Å². The molecule has 0 aromatic carbocycles. The normalized spacial score (nSPS) is 15.6. The van der Waals surface area contributed by atoms with Crippen molar-refractivity contribution < 1.29 is 4.74 Å². The molecule has 0 atom stereocenters. The minimum absolute atomic E-state index is 0.471. The van der Waals surface area contributed by atoms with Gasteiger partial charge in [-0.1, -0.05) is 12.8 Å². The highest BCUT2D eigenvalue weighted by atomic mass is 32.1. The van der Waals surface area contributed by atoms with Gasteiger partial charge in [0.15, 0.2) is 5.75 Å². The van der Waals surface area contributed by atoms with E-state index in [0.29, 0.717) is 16.3 Å². The van der Waals surface area contributed by atoms with Crippen LogP contribution >= 0.6 is 11.3 Å². The number of nitrogen functional groups attached to an aromatic ring is 1. The zero-order valence-corrected chi connectivity index (χ0v) is 11.7. The van der Waals surface area contributed by atoms with E-state index in [2.05, 4.69) is 11.0 Å². The molecule has 1 aliphatic carbocycles. The highest BCUT2D eigenvalue weighted by Crippen LogP contribution is 2.44. The Kier molecular flexibility index (Phi) is 3.97. The number of nitriles is 1. The Balaban J connectivity index is 2.18. The fourth-order valence-electron chi connectivity index (χ4n) is 2.61. The van der Waals surface area contributed by atoms with Gasteiger partial charge in [0.05, 0.1) is 7.11 Å². The maximum absolute atomic E-state index is 9.02. The number of hydrogen-bond donors (Lipinski definition) is 1. The molecule has 1 aliphatic rings. The van der Waals surface area contributed by atoms with Crippen LogP contribution in [0.15, 0.2) is 0 Å². The third-order valence-electron chi connectivity index (χ3n) is 3.54. The third-order valence-corrected chi connectivity index (χ3v) is 4.75. The number of anilines is 2. The second-order valence-electron chi connectivity index (χ2n) is 4.83. The first-order valence-electron chi connectivity index (χ1n) is 6.24. The zero-order valence-electron chi connectivity index (χ0n) is 10.9. The minimum atomic E-state index is 0.471. The summed E-state index contributed by atoms with van der Waals surface area (Å²) in [7, 11) is 3.65. The second-order valence-corrected chi connectivity index (χ2v) is 5.83. The average Bonchev–Trinajstić information content (AvgIpc) is 2.96. The van der Waals surface area contributed by atoms with Crippen LogP contribution in [-0.4, -0.2) is 20.7 Å². The van der Waals surface area contributed by atoms with Crippen LogP contribution in [-0.2, 0) is 0 Å². The molecular weight excluding hydrogens is 246 g/mol. The lowest BCUT2D eigenvalue weighted by molar-refractivity contribution is 0.417. The summed E-state index contributed by atoms with van der Waals surface area (Å²) in [5.41, 5.74) is 6.38. The summed E-state index contributed by atoms with van der Waals surface area (Å²) >= 11 is 1.42. The molecule has 1 fully saturated rings. The Labute approximate surface area is 112 Å². The molecule has 1 saturated carbocycles. The fraction of sp³-hybridized carbons (Fsp3) is 0.615. The minimum Gasteiger partial charge on any atom is -0.492 e. The summed E-state index contributed by atoms with van der Waals surface area (Å²) < 4.78 is 5.34. The van der Waals surface area contributed by atoms with Gasteiger partial charge in [0, 0.05) is 13.6 Å². The van der Waals surface area contributed by atoms with Crippen molar-refractivity contribution in [3.05, 3.63) is 4.88 Å². The molecule has 1 aromatic heterocycles. The lowest BCUT2D eigenvalue weighted by Gasteiger charge is -2.22. The topological polar surface area (TPSA) is 62.3 Å². The predicted octanol–water partition coefficient (Wildman–Crippen LogP) is 2.84. The summed E-state index contributed by atoms with van der Waals surface area (Å²) in [6, 6.07) is 2.13. The first-order valence-corrected chi connectivity index (χ1v) is 7.06. The van der Waals surface area contributed by atoms with Crippen molar-refractivity contribution >= 4 is 22.0 Å². The number of methoxy groups -OCH3 is 1. The summed E-state index contributed by atoms with van der Waals surface area (Å²) in [6.45, 7) is 1.02. The van der Waals surface area contributed by atoms with Gasteiger partial charge < -0.3 is 15.4 Å². The molecule has 2 N–H and O–H groups in total. The van der Waals surface area contributed by atoms with E-state index in [1.54, 1.807) is 7.11 Å². The van der Waals surface area contributed by atoms with Crippen LogP contribution in [0, 0.1) is 17.2 Å². The molecule has 0 bridgehead atoms. The number of hydrogen-bond acceptors (Lipinski definition) is 5.